The summed E-state index contributed by atoms with van der Waals surface area (Å²) in [6.07, 6.45) is 2.64. The predicted octanol–water partition coefficient (Wildman–Crippen LogP) is 1.63. The standard InChI is InChI=1S/C11H19N3O/c1-8(12)7-9(2)14-11-10(15-3)5-4-6-13-11/h4-6,8-9H,7,12H2,1-3H3,(H,13,14). The van der Waals surface area contributed by atoms with E-state index in [1.165, 1.54) is 0 Å². The zero-order valence-corrected chi connectivity index (χ0v) is 9.53. The van der Waals surface area contributed by atoms with E-state index in [0.29, 0.717) is 0 Å². The molecule has 3 N–H and O–H groups in total. The lowest BCUT2D eigenvalue weighted by Gasteiger charge is -2.17. The van der Waals surface area contributed by atoms with Gasteiger partial charge in [-0.15, -0.1) is 0 Å². The zero-order valence-electron chi connectivity index (χ0n) is 9.53. The molecule has 2 atom stereocenters. The molecule has 0 aromatic carbocycles. The summed E-state index contributed by atoms with van der Waals surface area (Å²) in [4.78, 5) is 4.22. The first-order valence-corrected chi connectivity index (χ1v) is 5.14. The third kappa shape index (κ3) is 3.75. The van der Waals surface area contributed by atoms with Crippen molar-refractivity contribution in [3.8, 4) is 5.75 Å². The van der Waals surface area contributed by atoms with E-state index < -0.39 is 0 Å². The number of pyridine rings is 1. The van der Waals surface area contributed by atoms with Crippen LogP contribution in [0.25, 0.3) is 0 Å². The molecule has 0 amide bonds. The van der Waals surface area contributed by atoms with Crippen LogP contribution < -0.4 is 15.8 Å². The quantitative estimate of drug-likeness (QED) is 0.773. The highest BCUT2D eigenvalue weighted by molar-refractivity contribution is 5.49. The Hall–Kier alpha value is -1.29. The minimum Gasteiger partial charge on any atom is -0.493 e. The first-order valence-electron chi connectivity index (χ1n) is 5.14. The lowest BCUT2D eigenvalue weighted by molar-refractivity contribution is 0.414. The van der Waals surface area contributed by atoms with Crippen LogP contribution in [0.2, 0.25) is 0 Å². The molecule has 1 rings (SSSR count). The van der Waals surface area contributed by atoms with Crippen molar-refractivity contribution in [2.24, 2.45) is 5.73 Å². The fourth-order valence-corrected chi connectivity index (χ4v) is 1.51. The first-order chi connectivity index (χ1) is 7.13. The van der Waals surface area contributed by atoms with Gasteiger partial charge in [0, 0.05) is 18.3 Å². The second-order valence-electron chi connectivity index (χ2n) is 3.81. The van der Waals surface area contributed by atoms with Crippen LogP contribution >= 0.6 is 0 Å². The maximum Gasteiger partial charge on any atom is 0.168 e. The van der Waals surface area contributed by atoms with Gasteiger partial charge in [-0.3, -0.25) is 0 Å². The van der Waals surface area contributed by atoms with Gasteiger partial charge in [0.1, 0.15) is 0 Å². The molecule has 0 fully saturated rings. The second-order valence-corrected chi connectivity index (χ2v) is 3.81. The predicted molar refractivity (Wildman–Crippen MR) is 62.1 cm³/mol. The Kier molecular flexibility index (Phi) is 4.37. The summed E-state index contributed by atoms with van der Waals surface area (Å²) in [6, 6.07) is 4.20. The summed E-state index contributed by atoms with van der Waals surface area (Å²) >= 11 is 0. The number of nitrogens with two attached hydrogens (primary N) is 1. The monoisotopic (exact) mass is 209 g/mol. The van der Waals surface area contributed by atoms with Crippen LogP contribution in [0.15, 0.2) is 18.3 Å². The number of nitrogens with one attached hydrogen (secondary N) is 1. The molecule has 0 aliphatic rings. The Morgan fingerprint density at radius 3 is 2.87 bits per heavy atom. The molecule has 1 aromatic heterocycles. The average Bonchev–Trinajstić information content (AvgIpc) is 2.17. The van der Waals surface area contributed by atoms with Crippen LogP contribution in [0.3, 0.4) is 0 Å². The van der Waals surface area contributed by atoms with E-state index in [-0.39, 0.29) is 12.1 Å². The highest BCUT2D eigenvalue weighted by Crippen LogP contribution is 2.21. The van der Waals surface area contributed by atoms with Gasteiger partial charge in [0.25, 0.3) is 0 Å². The van der Waals surface area contributed by atoms with Gasteiger partial charge in [0.05, 0.1) is 7.11 Å². The summed E-state index contributed by atoms with van der Waals surface area (Å²) in [6.45, 7) is 4.07. The summed E-state index contributed by atoms with van der Waals surface area (Å²) in [7, 11) is 1.64. The van der Waals surface area contributed by atoms with Crippen LogP contribution in [0.4, 0.5) is 5.82 Å². The molecule has 0 radical (unpaired) electrons. The van der Waals surface area contributed by atoms with Crippen molar-refractivity contribution < 1.29 is 4.74 Å². The van der Waals surface area contributed by atoms with Gasteiger partial charge >= 0.3 is 0 Å². The molecule has 1 aromatic rings. The molecule has 0 saturated carbocycles. The topological polar surface area (TPSA) is 60.2 Å². The number of methoxy groups -OCH3 is 1. The van der Waals surface area contributed by atoms with Crippen molar-refractivity contribution in [3.05, 3.63) is 18.3 Å². The maximum atomic E-state index is 5.73. The number of rotatable bonds is 5. The molecule has 84 valence electrons. The number of hydrogen-bond donors (Lipinski definition) is 2. The largest absolute Gasteiger partial charge is 0.493 e. The molecule has 4 heteroatoms. The summed E-state index contributed by atoms with van der Waals surface area (Å²) < 4.78 is 5.19. The van der Waals surface area contributed by atoms with Gasteiger partial charge in [-0.25, -0.2) is 4.98 Å². The highest BCUT2D eigenvalue weighted by Gasteiger charge is 2.08. The van der Waals surface area contributed by atoms with Crippen LogP contribution in [0.5, 0.6) is 5.75 Å². The Balaban J connectivity index is 2.63. The van der Waals surface area contributed by atoms with E-state index in [0.717, 1.165) is 18.0 Å². The first kappa shape index (κ1) is 11.8. The molecule has 0 spiro atoms. The SMILES string of the molecule is COc1cccnc1NC(C)CC(C)N. The molecule has 2 unspecified atom stereocenters. The third-order valence-corrected chi connectivity index (χ3v) is 2.10. The van der Waals surface area contributed by atoms with Crippen LogP contribution in [0.1, 0.15) is 20.3 Å². The van der Waals surface area contributed by atoms with Gasteiger partial charge in [0.15, 0.2) is 11.6 Å². The van der Waals surface area contributed by atoms with Gasteiger partial charge in [0.2, 0.25) is 0 Å². The summed E-state index contributed by atoms with van der Waals surface area (Å²) in [5, 5.41) is 3.28. The van der Waals surface area contributed by atoms with Crippen molar-refractivity contribution in [1.29, 1.82) is 0 Å². The average molecular weight is 209 g/mol. The normalized spacial score (nSPS) is 14.4. The van der Waals surface area contributed by atoms with Gasteiger partial charge in [-0.2, -0.15) is 0 Å². The lowest BCUT2D eigenvalue weighted by atomic mass is 10.1. The van der Waals surface area contributed by atoms with Gasteiger partial charge in [-0.05, 0) is 32.4 Å². The Labute approximate surface area is 90.8 Å². The third-order valence-electron chi connectivity index (χ3n) is 2.10. The maximum absolute atomic E-state index is 5.73. The van der Waals surface area contributed by atoms with Gasteiger partial charge < -0.3 is 15.8 Å². The molecule has 15 heavy (non-hydrogen) atoms. The van der Waals surface area contributed by atoms with E-state index in [4.69, 9.17) is 10.5 Å². The number of anilines is 1. The number of ether oxygens (including phenoxy) is 1. The van der Waals surface area contributed by atoms with Crippen molar-refractivity contribution in [2.45, 2.75) is 32.4 Å². The summed E-state index contributed by atoms with van der Waals surface area (Å²) in [5.74, 6) is 1.53. The molecule has 0 aliphatic carbocycles. The molecule has 4 nitrogen and oxygen atoms in total. The number of aromatic nitrogens is 1. The van der Waals surface area contributed by atoms with Crippen molar-refractivity contribution in [2.75, 3.05) is 12.4 Å². The fraction of sp³-hybridized carbons (Fsp3) is 0.545. The second kappa shape index (κ2) is 5.56. The number of hydrogen-bond acceptors (Lipinski definition) is 4. The minimum atomic E-state index is 0.183. The Bertz CT molecular complexity index is 302. The van der Waals surface area contributed by atoms with Crippen molar-refractivity contribution in [3.63, 3.8) is 0 Å². The van der Waals surface area contributed by atoms with Crippen molar-refractivity contribution in [1.82, 2.24) is 4.98 Å². The molecule has 1 heterocycles. The van der Waals surface area contributed by atoms with E-state index >= 15 is 0 Å². The smallest absolute Gasteiger partial charge is 0.168 e. The highest BCUT2D eigenvalue weighted by atomic mass is 16.5. The van der Waals surface area contributed by atoms with E-state index in [1.807, 2.05) is 19.1 Å². The molecule has 0 saturated heterocycles. The number of nitrogens with zero attached hydrogens (tertiary/aromatic N) is 1. The Morgan fingerprint density at radius 1 is 1.53 bits per heavy atom. The Morgan fingerprint density at radius 2 is 2.27 bits per heavy atom. The molecule has 0 bridgehead atoms. The van der Waals surface area contributed by atoms with E-state index in [1.54, 1.807) is 13.3 Å². The molecular weight excluding hydrogens is 190 g/mol. The molecule has 0 aliphatic heterocycles. The van der Waals surface area contributed by atoms with E-state index in [2.05, 4.69) is 17.2 Å². The fourth-order valence-electron chi connectivity index (χ4n) is 1.51. The van der Waals surface area contributed by atoms with Crippen molar-refractivity contribution >= 4 is 5.82 Å². The minimum absolute atomic E-state index is 0.183. The van der Waals surface area contributed by atoms with Gasteiger partial charge in [-0.1, -0.05) is 0 Å². The lowest BCUT2D eigenvalue weighted by Crippen LogP contribution is -2.26. The summed E-state index contributed by atoms with van der Waals surface area (Å²) in [5.41, 5.74) is 5.73. The zero-order chi connectivity index (χ0) is 11.3. The van der Waals surface area contributed by atoms with Crippen LogP contribution in [0, 0.1) is 0 Å². The van der Waals surface area contributed by atoms with Crippen LogP contribution in [-0.2, 0) is 0 Å². The molecular formula is C11H19N3O. The van der Waals surface area contributed by atoms with E-state index in [9.17, 15) is 0 Å². The van der Waals surface area contributed by atoms with Crippen LogP contribution in [-0.4, -0.2) is 24.2 Å².